The maximum atomic E-state index is 11.0. The highest BCUT2D eigenvalue weighted by Gasteiger charge is 2.26. The first-order valence-corrected chi connectivity index (χ1v) is 6.97. The summed E-state index contributed by atoms with van der Waals surface area (Å²) in [5.74, 6) is -7.88. The molecule has 0 radical (unpaired) electrons. The van der Waals surface area contributed by atoms with Gasteiger partial charge in [0.1, 0.15) is 0 Å². The van der Waals surface area contributed by atoms with Crippen LogP contribution in [0.25, 0.3) is 0 Å². The molecular weight excluding hydrogens is 344 g/mol. The number of rotatable bonds is 4. The molecule has 0 fully saturated rings. The quantitative estimate of drug-likeness (QED) is 0.170. The van der Waals surface area contributed by atoms with E-state index in [1.807, 2.05) is 0 Å². The van der Waals surface area contributed by atoms with Crippen LogP contribution in [0.5, 0.6) is 40.2 Å². The van der Waals surface area contributed by atoms with E-state index < -0.39 is 40.5 Å². The van der Waals surface area contributed by atoms with Crippen molar-refractivity contribution in [2.45, 2.75) is 4.90 Å². The molecule has 0 saturated carbocycles. The molecule has 0 aliphatic rings. The summed E-state index contributed by atoms with van der Waals surface area (Å²) in [5, 5.41) is 62.2. The number of hydrogen-bond donors (Lipinski definition) is 8. The topological polar surface area (TPSA) is 200 Å². The highest BCUT2D eigenvalue weighted by molar-refractivity contribution is 7.97. The molecule has 24 heavy (non-hydrogen) atoms. The summed E-state index contributed by atoms with van der Waals surface area (Å²) >= 11 is 0.578. The highest BCUT2D eigenvalue weighted by Crippen LogP contribution is 2.56. The lowest BCUT2D eigenvalue weighted by molar-refractivity contribution is 0.0696. The summed E-state index contributed by atoms with van der Waals surface area (Å²) < 4.78 is 5.19. The van der Waals surface area contributed by atoms with Gasteiger partial charge in [0.2, 0.25) is 34.5 Å². The fraction of sp³-hybridized carbons (Fsp3) is 0. The van der Waals surface area contributed by atoms with Crippen LogP contribution in [0, 0.1) is 0 Å². The van der Waals surface area contributed by atoms with E-state index in [2.05, 4.69) is 0 Å². The molecule has 0 amide bonds. The van der Waals surface area contributed by atoms with Crippen molar-refractivity contribution in [3.8, 4) is 40.2 Å². The number of ether oxygens (including phenoxy) is 1. The van der Waals surface area contributed by atoms with Crippen LogP contribution in [0.15, 0.2) is 17.0 Å². The third-order valence-electron chi connectivity index (χ3n) is 2.99. The van der Waals surface area contributed by atoms with E-state index in [1.54, 1.807) is 0 Å². The van der Waals surface area contributed by atoms with E-state index in [9.17, 15) is 30.3 Å². The van der Waals surface area contributed by atoms with E-state index in [1.165, 1.54) is 0 Å². The zero-order valence-corrected chi connectivity index (χ0v) is 12.5. The van der Waals surface area contributed by atoms with Crippen LogP contribution in [0.3, 0.4) is 0 Å². The first-order chi connectivity index (χ1) is 11.2. The van der Waals surface area contributed by atoms with Gasteiger partial charge in [-0.15, -0.1) is 0 Å². The van der Waals surface area contributed by atoms with Crippen molar-refractivity contribution in [1.29, 1.82) is 0 Å². The first kappa shape index (κ1) is 17.2. The molecule has 2 aromatic rings. The minimum absolute atomic E-state index is 0.0401. The Morgan fingerprint density at radius 2 is 1.42 bits per heavy atom. The number of phenolic OH excluding ortho intramolecular Hbond substituents is 5. The minimum Gasteiger partial charge on any atom is -0.502 e. The van der Waals surface area contributed by atoms with Gasteiger partial charge >= 0.3 is 5.97 Å². The summed E-state index contributed by atoms with van der Waals surface area (Å²) in [6, 6.07) is 2.18. The van der Waals surface area contributed by atoms with Crippen molar-refractivity contribution in [3.63, 3.8) is 0 Å². The number of carboxylic acids is 1. The molecule has 0 aliphatic heterocycles. The lowest BCUT2D eigenvalue weighted by atomic mass is 10.2. The summed E-state index contributed by atoms with van der Waals surface area (Å²) in [6.45, 7) is 0. The normalized spacial score (nSPS) is 10.5. The standard InChI is InChI=1S/C13H12N2O8S/c14-4-1-3(13(21)22)2-5(24-15)11(4)23-12-9(19)7(17)6(16)8(18)10(12)20/h1-2,16-20H,14-15H2,(H,21,22). The second-order valence-electron chi connectivity index (χ2n) is 4.49. The summed E-state index contributed by atoms with van der Waals surface area (Å²) in [7, 11) is 0. The molecule has 2 rings (SSSR count). The largest absolute Gasteiger partial charge is 0.502 e. The van der Waals surface area contributed by atoms with Crippen LogP contribution < -0.4 is 15.6 Å². The van der Waals surface area contributed by atoms with Crippen LogP contribution in [0.2, 0.25) is 0 Å². The summed E-state index contributed by atoms with van der Waals surface area (Å²) in [6.07, 6.45) is 0. The zero-order chi connectivity index (χ0) is 18.2. The van der Waals surface area contributed by atoms with E-state index in [-0.39, 0.29) is 21.9 Å². The highest BCUT2D eigenvalue weighted by atomic mass is 32.2. The lowest BCUT2D eigenvalue weighted by Gasteiger charge is -2.16. The van der Waals surface area contributed by atoms with Gasteiger partial charge in [0, 0.05) is 0 Å². The fourth-order valence-corrected chi connectivity index (χ4v) is 2.27. The third-order valence-corrected chi connectivity index (χ3v) is 3.55. The second-order valence-corrected chi connectivity index (χ2v) is 5.17. The molecule has 128 valence electrons. The average Bonchev–Trinajstić information content (AvgIpc) is 2.55. The number of hydrogen-bond acceptors (Lipinski definition) is 10. The summed E-state index contributed by atoms with van der Waals surface area (Å²) in [5.41, 5.74) is 5.31. The molecular formula is C13H12N2O8S. The zero-order valence-electron chi connectivity index (χ0n) is 11.7. The Hall–Kier alpha value is -3.18. The number of nitrogen functional groups attached to an aromatic ring is 1. The van der Waals surface area contributed by atoms with Gasteiger partial charge in [-0.3, -0.25) is 5.14 Å². The van der Waals surface area contributed by atoms with Crippen molar-refractivity contribution in [1.82, 2.24) is 0 Å². The number of carboxylic acid groups (broad SMARTS) is 1. The molecule has 0 saturated heterocycles. The van der Waals surface area contributed by atoms with Gasteiger partial charge in [-0.05, 0) is 24.1 Å². The third kappa shape index (κ3) is 2.73. The summed E-state index contributed by atoms with van der Waals surface area (Å²) in [4.78, 5) is 11.0. The van der Waals surface area contributed by atoms with E-state index in [0.717, 1.165) is 12.1 Å². The molecule has 2 aromatic carbocycles. The van der Waals surface area contributed by atoms with Gasteiger partial charge in [-0.25, -0.2) is 4.79 Å². The number of aromatic carboxylic acids is 1. The Bertz CT molecular complexity index is 810. The Kier molecular flexibility index (Phi) is 4.39. The number of phenols is 5. The maximum absolute atomic E-state index is 11.0. The van der Waals surface area contributed by atoms with Crippen molar-refractivity contribution in [3.05, 3.63) is 17.7 Å². The predicted octanol–water partition coefficient (Wildman–Crippen LogP) is 1.25. The minimum atomic E-state index is -1.27. The number of nitrogens with two attached hydrogens (primary N) is 2. The SMILES string of the molecule is NSc1cc(C(=O)O)cc(N)c1Oc1c(O)c(O)c(O)c(O)c1O. The van der Waals surface area contributed by atoms with Gasteiger partial charge in [-0.2, -0.15) is 0 Å². The van der Waals surface area contributed by atoms with Gasteiger partial charge in [0.15, 0.2) is 5.75 Å². The van der Waals surface area contributed by atoms with Gasteiger partial charge in [-0.1, -0.05) is 0 Å². The number of anilines is 1. The van der Waals surface area contributed by atoms with Crippen molar-refractivity contribution >= 4 is 23.6 Å². The fourth-order valence-electron chi connectivity index (χ4n) is 1.81. The Balaban J connectivity index is 2.63. The molecule has 0 aromatic heterocycles. The van der Waals surface area contributed by atoms with Crippen LogP contribution in [-0.4, -0.2) is 36.6 Å². The monoisotopic (exact) mass is 356 g/mol. The van der Waals surface area contributed by atoms with Crippen molar-refractivity contribution in [2.75, 3.05) is 5.73 Å². The van der Waals surface area contributed by atoms with Crippen LogP contribution in [0.4, 0.5) is 5.69 Å². The Morgan fingerprint density at radius 3 is 1.88 bits per heavy atom. The molecule has 0 atom stereocenters. The molecule has 0 aliphatic carbocycles. The molecule has 11 heteroatoms. The van der Waals surface area contributed by atoms with Crippen LogP contribution in [0.1, 0.15) is 10.4 Å². The van der Waals surface area contributed by atoms with Crippen molar-refractivity contribution in [2.24, 2.45) is 5.14 Å². The molecule has 0 unspecified atom stereocenters. The smallest absolute Gasteiger partial charge is 0.335 e. The molecule has 10 N–H and O–H groups in total. The second kappa shape index (κ2) is 6.14. The van der Waals surface area contributed by atoms with E-state index >= 15 is 0 Å². The van der Waals surface area contributed by atoms with Crippen LogP contribution >= 0.6 is 11.9 Å². The Labute approximate surface area is 138 Å². The lowest BCUT2D eigenvalue weighted by Crippen LogP contribution is -2.02. The number of carbonyl (C=O) groups is 1. The number of aromatic hydroxyl groups is 5. The Morgan fingerprint density at radius 1 is 0.917 bits per heavy atom. The molecule has 0 bridgehead atoms. The number of benzene rings is 2. The van der Waals surface area contributed by atoms with Gasteiger partial charge in [0.05, 0.1) is 16.1 Å². The molecule has 0 heterocycles. The molecule has 10 nitrogen and oxygen atoms in total. The van der Waals surface area contributed by atoms with E-state index in [0.29, 0.717) is 11.9 Å². The van der Waals surface area contributed by atoms with Crippen molar-refractivity contribution < 1.29 is 40.2 Å². The maximum Gasteiger partial charge on any atom is 0.335 e. The first-order valence-electron chi connectivity index (χ1n) is 6.09. The van der Waals surface area contributed by atoms with Gasteiger partial charge < -0.3 is 41.1 Å². The van der Waals surface area contributed by atoms with Gasteiger partial charge in [0.25, 0.3) is 0 Å². The molecule has 0 spiro atoms. The van der Waals surface area contributed by atoms with E-state index in [4.69, 9.17) is 20.7 Å². The average molecular weight is 356 g/mol. The van der Waals surface area contributed by atoms with Crippen LogP contribution in [-0.2, 0) is 0 Å². The predicted molar refractivity (Wildman–Crippen MR) is 82.7 cm³/mol.